The number of anilines is 1. The highest BCUT2D eigenvalue weighted by atomic mass is 16.7. The van der Waals surface area contributed by atoms with Crippen LogP contribution in [0.3, 0.4) is 0 Å². The first-order valence-electron chi connectivity index (χ1n) is 4.71. The number of Topliss-reactive ketones (excluding diaryl/α,β-unsaturated/α-hetero) is 1. The molecule has 4 heteroatoms. The third kappa shape index (κ3) is 1.89. The number of nitrogens with zero attached hydrogens (tertiary/aromatic N) is 1. The van der Waals surface area contributed by atoms with E-state index in [1.165, 1.54) is 5.06 Å². The Bertz CT molecular complexity index is 414. The van der Waals surface area contributed by atoms with E-state index < -0.39 is 0 Å². The van der Waals surface area contributed by atoms with Crippen molar-refractivity contribution in [2.75, 3.05) is 11.7 Å². The van der Waals surface area contributed by atoms with Gasteiger partial charge in [-0.05, 0) is 18.6 Å². The van der Waals surface area contributed by atoms with Crippen molar-refractivity contribution in [3.63, 3.8) is 0 Å². The monoisotopic (exact) mass is 205 g/mol. The van der Waals surface area contributed by atoms with E-state index in [2.05, 4.69) is 0 Å². The van der Waals surface area contributed by atoms with Crippen molar-refractivity contribution in [3.05, 3.63) is 29.8 Å². The number of hydrogen-bond donors (Lipinski definition) is 0. The fourth-order valence-electron chi connectivity index (χ4n) is 1.50. The first-order valence-corrected chi connectivity index (χ1v) is 4.71. The number of aryl methyl sites for hydroxylation is 1. The van der Waals surface area contributed by atoms with Crippen LogP contribution in [-0.2, 0) is 14.4 Å². The molecule has 4 nitrogen and oxygen atoms in total. The Balaban J connectivity index is 2.28. The molecule has 1 fully saturated rings. The van der Waals surface area contributed by atoms with Crippen molar-refractivity contribution < 1.29 is 14.4 Å². The molecule has 0 saturated carbocycles. The average Bonchev–Trinajstić information content (AvgIpc) is 2.20. The van der Waals surface area contributed by atoms with Crippen LogP contribution in [0, 0.1) is 6.92 Å². The Hall–Kier alpha value is -1.68. The van der Waals surface area contributed by atoms with Crippen LogP contribution in [0.4, 0.5) is 5.69 Å². The summed E-state index contributed by atoms with van der Waals surface area (Å²) in [6, 6.07) is 7.40. The van der Waals surface area contributed by atoms with Gasteiger partial charge < -0.3 is 0 Å². The molecule has 2 rings (SSSR count). The summed E-state index contributed by atoms with van der Waals surface area (Å²) in [6.07, 6.45) is -0.0751. The van der Waals surface area contributed by atoms with E-state index in [1.807, 2.05) is 25.1 Å². The van der Waals surface area contributed by atoms with Crippen LogP contribution in [0.15, 0.2) is 24.3 Å². The molecular weight excluding hydrogens is 194 g/mol. The van der Waals surface area contributed by atoms with Crippen LogP contribution in [-0.4, -0.2) is 18.3 Å². The molecule has 1 aromatic rings. The Labute approximate surface area is 87.4 Å². The largest absolute Gasteiger partial charge is 0.296 e. The van der Waals surface area contributed by atoms with Crippen LogP contribution in [0.25, 0.3) is 0 Å². The molecular formula is C11H11NO3. The van der Waals surface area contributed by atoms with Crippen molar-refractivity contribution in [2.24, 2.45) is 0 Å². The molecule has 78 valence electrons. The minimum atomic E-state index is -0.305. The van der Waals surface area contributed by atoms with Gasteiger partial charge in [0.1, 0.15) is 6.61 Å². The molecule has 0 aromatic heterocycles. The second-order valence-electron chi connectivity index (χ2n) is 3.46. The van der Waals surface area contributed by atoms with E-state index in [-0.39, 0.29) is 24.7 Å². The molecule has 0 N–H and O–H groups in total. The highest BCUT2D eigenvalue weighted by Crippen LogP contribution is 2.22. The molecule has 1 aliphatic heterocycles. The number of rotatable bonds is 1. The molecule has 15 heavy (non-hydrogen) atoms. The third-order valence-electron chi connectivity index (χ3n) is 2.26. The molecule has 0 unspecified atom stereocenters. The fourth-order valence-corrected chi connectivity index (χ4v) is 1.50. The van der Waals surface area contributed by atoms with Gasteiger partial charge in [0, 0.05) is 0 Å². The van der Waals surface area contributed by atoms with Gasteiger partial charge in [-0.2, -0.15) is 5.06 Å². The van der Waals surface area contributed by atoms with E-state index in [1.54, 1.807) is 6.07 Å². The molecule has 0 spiro atoms. The van der Waals surface area contributed by atoms with Gasteiger partial charge in [-0.25, -0.2) is 0 Å². The summed E-state index contributed by atoms with van der Waals surface area (Å²) in [5, 5.41) is 1.21. The molecule has 1 aliphatic rings. The van der Waals surface area contributed by atoms with Crippen LogP contribution in [0.2, 0.25) is 0 Å². The van der Waals surface area contributed by atoms with Crippen LogP contribution >= 0.6 is 0 Å². The third-order valence-corrected chi connectivity index (χ3v) is 2.26. The minimum Gasteiger partial charge on any atom is -0.296 e. The maximum atomic E-state index is 11.5. The van der Waals surface area contributed by atoms with Gasteiger partial charge in [0.05, 0.1) is 12.1 Å². The van der Waals surface area contributed by atoms with Gasteiger partial charge in [-0.3, -0.25) is 14.4 Å². The van der Waals surface area contributed by atoms with Gasteiger partial charge >= 0.3 is 0 Å². The minimum absolute atomic E-state index is 0.0277. The van der Waals surface area contributed by atoms with Crippen LogP contribution < -0.4 is 5.06 Å². The van der Waals surface area contributed by atoms with Gasteiger partial charge in [-0.1, -0.05) is 18.2 Å². The summed E-state index contributed by atoms with van der Waals surface area (Å²) >= 11 is 0. The molecule has 1 heterocycles. The predicted octanol–water partition coefficient (Wildman–Crippen LogP) is 1.23. The van der Waals surface area contributed by atoms with Crippen LogP contribution in [0.1, 0.15) is 12.0 Å². The fraction of sp³-hybridized carbons (Fsp3) is 0.273. The number of benzene rings is 1. The number of carbonyl (C=O) groups is 2. The smallest absolute Gasteiger partial charge is 0.258 e. The lowest BCUT2D eigenvalue weighted by atomic mass is 10.2. The summed E-state index contributed by atoms with van der Waals surface area (Å²) in [5.74, 6) is -0.481. The standard InChI is InChI=1S/C11H11NO3/c1-8-4-2-3-5-10(8)12-11(14)6-9(13)7-15-12/h2-5H,6-7H2,1H3. The van der Waals surface area contributed by atoms with Gasteiger partial charge in [0.25, 0.3) is 5.91 Å². The zero-order chi connectivity index (χ0) is 10.8. The zero-order valence-electron chi connectivity index (χ0n) is 8.40. The first kappa shape index (κ1) is 9.86. The average molecular weight is 205 g/mol. The van der Waals surface area contributed by atoms with Gasteiger partial charge in [0.15, 0.2) is 5.78 Å². The quantitative estimate of drug-likeness (QED) is 0.648. The van der Waals surface area contributed by atoms with E-state index in [9.17, 15) is 9.59 Å². The van der Waals surface area contributed by atoms with Crippen molar-refractivity contribution in [2.45, 2.75) is 13.3 Å². The van der Waals surface area contributed by atoms with Crippen molar-refractivity contribution in [3.8, 4) is 0 Å². The van der Waals surface area contributed by atoms with Gasteiger partial charge in [0.2, 0.25) is 0 Å². The molecule has 0 atom stereocenters. The van der Waals surface area contributed by atoms with Crippen molar-refractivity contribution in [1.82, 2.24) is 0 Å². The predicted molar refractivity (Wildman–Crippen MR) is 54.2 cm³/mol. The first-order chi connectivity index (χ1) is 7.18. The molecule has 1 saturated heterocycles. The highest BCUT2D eigenvalue weighted by molar-refractivity contribution is 6.07. The van der Waals surface area contributed by atoms with E-state index >= 15 is 0 Å². The van der Waals surface area contributed by atoms with E-state index in [0.717, 1.165) is 5.56 Å². The lowest BCUT2D eigenvalue weighted by Crippen LogP contribution is -2.40. The second-order valence-corrected chi connectivity index (χ2v) is 3.46. The Morgan fingerprint density at radius 2 is 2.00 bits per heavy atom. The maximum absolute atomic E-state index is 11.5. The van der Waals surface area contributed by atoms with Crippen LogP contribution in [0.5, 0.6) is 0 Å². The number of amides is 1. The normalized spacial score (nSPS) is 17.0. The van der Waals surface area contributed by atoms with Crippen molar-refractivity contribution >= 4 is 17.4 Å². The van der Waals surface area contributed by atoms with E-state index in [4.69, 9.17) is 4.84 Å². The SMILES string of the molecule is Cc1ccccc1N1OCC(=O)CC1=O. The summed E-state index contributed by atoms with van der Waals surface area (Å²) in [5.41, 5.74) is 1.65. The summed E-state index contributed by atoms with van der Waals surface area (Å²) in [4.78, 5) is 27.6. The number of hydrogen-bond acceptors (Lipinski definition) is 3. The molecule has 0 aliphatic carbocycles. The summed E-state index contributed by atoms with van der Waals surface area (Å²) in [7, 11) is 0. The Morgan fingerprint density at radius 3 is 2.67 bits per heavy atom. The number of hydroxylamine groups is 1. The zero-order valence-corrected chi connectivity index (χ0v) is 8.40. The molecule has 0 bridgehead atoms. The lowest BCUT2D eigenvalue weighted by Gasteiger charge is -2.26. The molecule has 0 radical (unpaired) electrons. The lowest BCUT2D eigenvalue weighted by molar-refractivity contribution is -0.141. The Kier molecular flexibility index (Phi) is 2.51. The molecule has 1 amide bonds. The maximum Gasteiger partial charge on any atom is 0.258 e. The number of ketones is 1. The summed E-state index contributed by atoms with van der Waals surface area (Å²) < 4.78 is 0. The topological polar surface area (TPSA) is 46.6 Å². The van der Waals surface area contributed by atoms with Gasteiger partial charge in [-0.15, -0.1) is 0 Å². The second kappa shape index (κ2) is 3.82. The highest BCUT2D eigenvalue weighted by Gasteiger charge is 2.26. The number of para-hydroxylation sites is 1. The number of carbonyl (C=O) groups excluding carboxylic acids is 2. The summed E-state index contributed by atoms with van der Waals surface area (Å²) in [6.45, 7) is 1.86. The molecule has 1 aromatic carbocycles. The van der Waals surface area contributed by atoms with Crippen molar-refractivity contribution in [1.29, 1.82) is 0 Å². The Morgan fingerprint density at radius 1 is 1.27 bits per heavy atom. The van der Waals surface area contributed by atoms with E-state index in [0.29, 0.717) is 5.69 Å².